The van der Waals surface area contributed by atoms with E-state index in [9.17, 15) is 9.59 Å². The average molecular weight is 366 g/mol. The molecule has 1 N–H and O–H groups in total. The maximum absolute atomic E-state index is 13.3. The van der Waals surface area contributed by atoms with Gasteiger partial charge in [0.15, 0.2) is 0 Å². The van der Waals surface area contributed by atoms with Crippen LogP contribution in [-0.4, -0.2) is 53.5 Å². The van der Waals surface area contributed by atoms with E-state index < -0.39 is 11.6 Å². The smallest absolute Gasteiger partial charge is 0.341 e. The van der Waals surface area contributed by atoms with Crippen molar-refractivity contribution >= 4 is 11.9 Å². The Balaban J connectivity index is 2.10. The highest BCUT2D eigenvalue weighted by Crippen LogP contribution is 2.28. The highest BCUT2D eigenvalue weighted by molar-refractivity contribution is 6.09. The summed E-state index contributed by atoms with van der Waals surface area (Å²) >= 11 is 0. The molecule has 1 radical (unpaired) electrons. The Kier molecular flexibility index (Phi) is 5.56. The van der Waals surface area contributed by atoms with Crippen molar-refractivity contribution < 1.29 is 14.3 Å². The molecule has 0 unspecified atom stereocenters. The van der Waals surface area contributed by atoms with Crippen molar-refractivity contribution in [3.05, 3.63) is 53.9 Å². The van der Waals surface area contributed by atoms with E-state index in [0.717, 1.165) is 18.7 Å². The molecule has 1 aliphatic heterocycles. The zero-order valence-electron chi connectivity index (χ0n) is 15.9. The molecule has 3 rings (SSSR count). The van der Waals surface area contributed by atoms with E-state index in [1.165, 1.54) is 6.20 Å². The molecule has 2 heterocycles. The number of ether oxygens (including phenoxy) is 1. The summed E-state index contributed by atoms with van der Waals surface area (Å²) in [4.78, 5) is 32.0. The van der Waals surface area contributed by atoms with Crippen molar-refractivity contribution in [3.8, 4) is 11.1 Å². The maximum Gasteiger partial charge on any atom is 0.341 e. The van der Waals surface area contributed by atoms with E-state index >= 15 is 0 Å². The molecular weight excluding hydrogens is 342 g/mol. The lowest BCUT2D eigenvalue weighted by molar-refractivity contribution is 0.00662. The number of carbonyl (C=O) groups excluding carboxylic acids is 2. The zero-order chi connectivity index (χ0) is 19.4. The number of benzene rings is 1. The van der Waals surface area contributed by atoms with Gasteiger partial charge in [-0.2, -0.15) is 0 Å². The Morgan fingerprint density at radius 3 is 2.44 bits per heavy atom. The summed E-state index contributed by atoms with van der Waals surface area (Å²) in [6.45, 7) is 8.01. The monoisotopic (exact) mass is 366 g/mol. The van der Waals surface area contributed by atoms with Gasteiger partial charge in [0.1, 0.15) is 5.60 Å². The fraction of sp³-hybridized carbons (Fsp3) is 0.381. The van der Waals surface area contributed by atoms with E-state index in [1.54, 1.807) is 25.7 Å². The number of aromatic nitrogens is 1. The van der Waals surface area contributed by atoms with Crippen LogP contribution in [0.3, 0.4) is 0 Å². The third kappa shape index (κ3) is 4.52. The zero-order valence-corrected chi connectivity index (χ0v) is 15.9. The molecule has 0 atom stereocenters. The average Bonchev–Trinajstić information content (AvgIpc) is 2.67. The van der Waals surface area contributed by atoms with Crippen molar-refractivity contribution in [2.24, 2.45) is 0 Å². The van der Waals surface area contributed by atoms with Gasteiger partial charge in [-0.15, -0.1) is 0 Å². The molecular formula is C21H24N3O3. The van der Waals surface area contributed by atoms with Gasteiger partial charge in [0.2, 0.25) is 0 Å². The minimum Gasteiger partial charge on any atom is -0.456 e. The highest BCUT2D eigenvalue weighted by Gasteiger charge is 2.29. The van der Waals surface area contributed by atoms with Crippen LogP contribution in [0.4, 0.5) is 0 Å². The molecule has 1 aromatic heterocycles. The summed E-state index contributed by atoms with van der Waals surface area (Å²) in [5.74, 6) is -0.755. The molecule has 0 aliphatic carbocycles. The lowest BCUT2D eigenvalue weighted by atomic mass is 9.96. The fourth-order valence-electron chi connectivity index (χ4n) is 2.97. The number of hydrogen-bond donors (Lipinski definition) is 1. The van der Waals surface area contributed by atoms with Crippen LogP contribution in [0.5, 0.6) is 0 Å². The minimum atomic E-state index is -0.668. The van der Waals surface area contributed by atoms with Crippen molar-refractivity contribution in [2.75, 3.05) is 26.2 Å². The summed E-state index contributed by atoms with van der Waals surface area (Å²) < 4.78 is 5.52. The van der Waals surface area contributed by atoms with Crippen molar-refractivity contribution in [3.63, 3.8) is 0 Å². The van der Waals surface area contributed by atoms with Gasteiger partial charge in [-0.1, -0.05) is 30.3 Å². The Morgan fingerprint density at radius 2 is 1.81 bits per heavy atom. The number of hydrogen-bond acceptors (Lipinski definition) is 5. The molecule has 1 aromatic carbocycles. The predicted molar refractivity (Wildman–Crippen MR) is 102 cm³/mol. The van der Waals surface area contributed by atoms with E-state index in [1.807, 2.05) is 30.3 Å². The largest absolute Gasteiger partial charge is 0.456 e. The molecule has 2 aromatic rings. The first-order valence-corrected chi connectivity index (χ1v) is 9.06. The number of pyridine rings is 1. The maximum atomic E-state index is 13.3. The molecule has 0 spiro atoms. The number of amides is 1. The molecule has 1 amide bonds. The van der Waals surface area contributed by atoms with Gasteiger partial charge in [-0.3, -0.25) is 9.78 Å². The minimum absolute atomic E-state index is 0.172. The van der Waals surface area contributed by atoms with Gasteiger partial charge >= 0.3 is 5.97 Å². The molecule has 0 bridgehead atoms. The SMILES string of the molecule is CC(C)(C)OC(=O)c1cn[c]c(-c2ccccc2)c1C(=O)N1CCNCC1. The number of carbonyl (C=O) groups is 2. The summed E-state index contributed by atoms with van der Waals surface area (Å²) in [7, 11) is 0. The van der Waals surface area contributed by atoms with Crippen molar-refractivity contribution in [1.29, 1.82) is 0 Å². The Bertz CT molecular complexity index is 822. The lowest BCUT2D eigenvalue weighted by Crippen LogP contribution is -2.47. The number of piperazine rings is 1. The second-order valence-corrected chi connectivity index (χ2v) is 7.44. The number of rotatable bonds is 3. The number of esters is 1. The second-order valence-electron chi connectivity index (χ2n) is 7.44. The van der Waals surface area contributed by atoms with Crippen LogP contribution < -0.4 is 5.32 Å². The molecule has 6 nitrogen and oxygen atoms in total. The normalized spacial score (nSPS) is 14.7. The van der Waals surface area contributed by atoms with Crippen LogP contribution >= 0.6 is 0 Å². The Labute approximate surface area is 159 Å². The lowest BCUT2D eigenvalue weighted by Gasteiger charge is -2.29. The highest BCUT2D eigenvalue weighted by atomic mass is 16.6. The van der Waals surface area contributed by atoms with Crippen LogP contribution in [-0.2, 0) is 4.74 Å². The van der Waals surface area contributed by atoms with Gasteiger partial charge in [-0.05, 0) is 26.3 Å². The second kappa shape index (κ2) is 7.88. The van der Waals surface area contributed by atoms with E-state index in [-0.39, 0.29) is 11.5 Å². The van der Waals surface area contributed by atoms with Crippen molar-refractivity contribution in [2.45, 2.75) is 26.4 Å². The third-order valence-electron chi connectivity index (χ3n) is 4.19. The molecule has 6 heteroatoms. The van der Waals surface area contributed by atoms with Crippen LogP contribution in [0.1, 0.15) is 41.5 Å². The molecule has 1 aliphatic rings. The van der Waals surface area contributed by atoms with Gasteiger partial charge in [0.25, 0.3) is 5.91 Å². The van der Waals surface area contributed by atoms with Crippen molar-refractivity contribution in [1.82, 2.24) is 15.2 Å². The molecule has 1 fully saturated rings. The van der Waals surface area contributed by atoms with Gasteiger partial charge < -0.3 is 15.0 Å². The molecule has 27 heavy (non-hydrogen) atoms. The van der Waals surface area contributed by atoms with Gasteiger partial charge in [-0.25, -0.2) is 4.79 Å². The first-order valence-electron chi connectivity index (χ1n) is 9.06. The molecule has 1 saturated heterocycles. The van der Waals surface area contributed by atoms with Crippen LogP contribution in [0.15, 0.2) is 36.5 Å². The first-order chi connectivity index (χ1) is 12.9. The number of nitrogens with zero attached hydrogens (tertiary/aromatic N) is 2. The van der Waals surface area contributed by atoms with E-state index in [4.69, 9.17) is 4.74 Å². The number of nitrogens with one attached hydrogen (secondary N) is 1. The molecule has 0 saturated carbocycles. The topological polar surface area (TPSA) is 71.5 Å². The Hall–Kier alpha value is -2.73. The summed E-state index contributed by atoms with van der Waals surface area (Å²) in [5, 5.41) is 3.23. The predicted octanol–water partition coefficient (Wildman–Crippen LogP) is 2.55. The quantitative estimate of drug-likeness (QED) is 0.846. The Morgan fingerprint density at radius 1 is 1.15 bits per heavy atom. The first kappa shape index (κ1) is 19.0. The third-order valence-corrected chi connectivity index (χ3v) is 4.19. The summed E-state index contributed by atoms with van der Waals surface area (Å²) in [5.41, 5.74) is 1.11. The van der Waals surface area contributed by atoms with Crippen LogP contribution in [0, 0.1) is 6.20 Å². The molecule has 141 valence electrons. The standard InChI is InChI=1S/C21H24N3O3/c1-21(2,3)27-20(26)17-14-23-13-16(15-7-5-4-6-8-15)18(17)19(25)24-11-9-22-10-12-24/h4-8,14,22H,9-12H2,1-3H3. The van der Waals surface area contributed by atoms with E-state index in [2.05, 4.69) is 16.5 Å². The fourth-order valence-corrected chi connectivity index (χ4v) is 2.97. The van der Waals surface area contributed by atoms with Crippen LogP contribution in [0.25, 0.3) is 11.1 Å². The van der Waals surface area contributed by atoms with Crippen LogP contribution in [0.2, 0.25) is 0 Å². The van der Waals surface area contributed by atoms with E-state index in [0.29, 0.717) is 24.2 Å². The van der Waals surface area contributed by atoms with Gasteiger partial charge in [0.05, 0.1) is 17.3 Å². The van der Waals surface area contributed by atoms with Gasteiger partial charge in [0, 0.05) is 37.9 Å². The summed E-state index contributed by atoms with van der Waals surface area (Å²) in [6.07, 6.45) is 4.28. The summed E-state index contributed by atoms with van der Waals surface area (Å²) in [6, 6.07) is 9.40.